The fourth-order valence-corrected chi connectivity index (χ4v) is 1.48. The Labute approximate surface area is 85.7 Å². The summed E-state index contributed by atoms with van der Waals surface area (Å²) >= 11 is 0. The second-order valence-corrected chi connectivity index (χ2v) is 4.47. The van der Waals surface area contributed by atoms with Crippen LogP contribution in [0.15, 0.2) is 0 Å². The van der Waals surface area contributed by atoms with Crippen LogP contribution in [-0.4, -0.2) is 23.4 Å². The highest BCUT2D eigenvalue weighted by molar-refractivity contribution is 5.85. The number of nitrogens with zero attached hydrogens (tertiary/aromatic N) is 2. The van der Waals surface area contributed by atoms with Crippen LogP contribution in [0.3, 0.4) is 0 Å². The van der Waals surface area contributed by atoms with Crippen molar-refractivity contribution in [2.24, 2.45) is 5.41 Å². The Morgan fingerprint density at radius 1 is 1.57 bits per heavy atom. The molecule has 78 valence electrons. The first-order valence-corrected chi connectivity index (χ1v) is 5.25. The Balaban J connectivity index is 2.68. The van der Waals surface area contributed by atoms with E-state index in [1.165, 1.54) is 0 Å². The van der Waals surface area contributed by atoms with E-state index in [1.807, 2.05) is 4.90 Å². The highest BCUT2D eigenvalue weighted by Gasteiger charge is 2.39. The third-order valence-corrected chi connectivity index (χ3v) is 2.53. The number of carbonyl (C=O) groups excluding carboxylic acids is 1. The van der Waals surface area contributed by atoms with Gasteiger partial charge in [0.25, 0.3) is 0 Å². The molecule has 14 heavy (non-hydrogen) atoms. The minimum absolute atomic E-state index is 0.00986. The molecule has 0 N–H and O–H groups in total. The number of amides is 1. The molecule has 0 aromatic carbocycles. The van der Waals surface area contributed by atoms with Gasteiger partial charge in [0.1, 0.15) is 5.41 Å². The fraction of sp³-hybridized carbons (Fsp3) is 0.818. The fourth-order valence-electron chi connectivity index (χ4n) is 1.48. The molecule has 3 nitrogen and oxygen atoms in total. The Morgan fingerprint density at radius 2 is 2.14 bits per heavy atom. The maximum atomic E-state index is 12.0. The first-order valence-electron chi connectivity index (χ1n) is 5.25. The topological polar surface area (TPSA) is 44.1 Å². The van der Waals surface area contributed by atoms with Gasteiger partial charge in [0, 0.05) is 12.6 Å². The van der Waals surface area contributed by atoms with Gasteiger partial charge < -0.3 is 4.90 Å². The lowest BCUT2D eigenvalue weighted by Gasteiger charge is -2.27. The molecule has 3 heteroatoms. The lowest BCUT2D eigenvalue weighted by molar-refractivity contribution is -0.138. The summed E-state index contributed by atoms with van der Waals surface area (Å²) in [6.07, 6.45) is 3.17. The van der Waals surface area contributed by atoms with Crippen molar-refractivity contribution >= 4 is 5.91 Å². The van der Waals surface area contributed by atoms with E-state index in [2.05, 4.69) is 13.0 Å². The van der Waals surface area contributed by atoms with Crippen LogP contribution in [0.2, 0.25) is 0 Å². The van der Waals surface area contributed by atoms with Gasteiger partial charge >= 0.3 is 0 Å². The van der Waals surface area contributed by atoms with E-state index in [4.69, 9.17) is 5.26 Å². The van der Waals surface area contributed by atoms with E-state index in [0.717, 1.165) is 25.8 Å². The summed E-state index contributed by atoms with van der Waals surface area (Å²) in [6, 6.07) is 2.48. The number of rotatable bonds is 4. The van der Waals surface area contributed by atoms with Crippen molar-refractivity contribution in [1.82, 2.24) is 4.90 Å². The van der Waals surface area contributed by atoms with Gasteiger partial charge in [-0.1, -0.05) is 6.92 Å². The summed E-state index contributed by atoms with van der Waals surface area (Å²) in [6.45, 7) is 6.23. The standard InChI is InChI=1S/C11H18N2O/c1-4-7-13(9-5-6-9)10(14)11(2,3)8-12/h9H,4-7H2,1-3H3. The quantitative estimate of drug-likeness (QED) is 0.686. The molecule has 0 radical (unpaired) electrons. The van der Waals surface area contributed by atoms with Crippen molar-refractivity contribution < 1.29 is 4.79 Å². The predicted molar refractivity (Wildman–Crippen MR) is 54.4 cm³/mol. The van der Waals surface area contributed by atoms with Crippen molar-refractivity contribution in [2.45, 2.75) is 46.1 Å². The lowest BCUT2D eigenvalue weighted by Crippen LogP contribution is -2.42. The molecule has 1 aliphatic carbocycles. The molecule has 0 spiro atoms. The first kappa shape index (κ1) is 11.0. The molecule has 0 saturated heterocycles. The summed E-state index contributed by atoms with van der Waals surface area (Å²) in [5, 5.41) is 8.89. The van der Waals surface area contributed by atoms with Crippen LogP contribution in [0.1, 0.15) is 40.0 Å². The molecule has 0 atom stereocenters. The minimum Gasteiger partial charge on any atom is -0.338 e. The third kappa shape index (κ3) is 2.25. The summed E-state index contributed by atoms with van der Waals surface area (Å²) in [5.74, 6) is -0.00986. The molecule has 0 unspecified atom stereocenters. The maximum absolute atomic E-state index is 12.0. The summed E-state index contributed by atoms with van der Waals surface area (Å²) in [4.78, 5) is 13.8. The van der Waals surface area contributed by atoms with Gasteiger partial charge in [-0.25, -0.2) is 0 Å². The Bertz CT molecular complexity index is 261. The average molecular weight is 194 g/mol. The van der Waals surface area contributed by atoms with Crippen LogP contribution < -0.4 is 0 Å². The smallest absolute Gasteiger partial charge is 0.242 e. The van der Waals surface area contributed by atoms with Crippen LogP contribution in [0.25, 0.3) is 0 Å². The van der Waals surface area contributed by atoms with Crippen LogP contribution in [-0.2, 0) is 4.79 Å². The first-order chi connectivity index (χ1) is 6.53. The van der Waals surface area contributed by atoms with E-state index in [9.17, 15) is 4.79 Å². The van der Waals surface area contributed by atoms with E-state index in [1.54, 1.807) is 13.8 Å². The number of nitriles is 1. The number of hydrogen-bond donors (Lipinski definition) is 0. The zero-order valence-corrected chi connectivity index (χ0v) is 9.21. The molecule has 1 rings (SSSR count). The van der Waals surface area contributed by atoms with Crippen molar-refractivity contribution in [1.29, 1.82) is 5.26 Å². The Kier molecular flexibility index (Phi) is 3.15. The SMILES string of the molecule is CCCN(C(=O)C(C)(C)C#N)C1CC1. The summed E-state index contributed by atoms with van der Waals surface area (Å²) < 4.78 is 0. The third-order valence-electron chi connectivity index (χ3n) is 2.53. The second-order valence-electron chi connectivity index (χ2n) is 4.47. The zero-order chi connectivity index (χ0) is 10.8. The van der Waals surface area contributed by atoms with Crippen molar-refractivity contribution in [2.75, 3.05) is 6.54 Å². The lowest BCUT2D eigenvalue weighted by atomic mass is 9.93. The largest absolute Gasteiger partial charge is 0.338 e. The van der Waals surface area contributed by atoms with Crippen LogP contribution in [0.4, 0.5) is 0 Å². The van der Waals surface area contributed by atoms with E-state index in [-0.39, 0.29) is 5.91 Å². The molecule has 1 saturated carbocycles. The molecule has 1 aliphatic rings. The van der Waals surface area contributed by atoms with Gasteiger partial charge in [0.15, 0.2) is 0 Å². The second kappa shape index (κ2) is 4.00. The van der Waals surface area contributed by atoms with E-state index >= 15 is 0 Å². The monoisotopic (exact) mass is 194 g/mol. The normalized spacial score (nSPS) is 16.1. The van der Waals surface area contributed by atoms with Gasteiger partial charge in [0.2, 0.25) is 5.91 Å². The van der Waals surface area contributed by atoms with Gasteiger partial charge in [0.05, 0.1) is 6.07 Å². The Hall–Kier alpha value is -1.04. The molecule has 0 aromatic heterocycles. The van der Waals surface area contributed by atoms with E-state index < -0.39 is 5.41 Å². The number of carbonyl (C=O) groups is 1. The van der Waals surface area contributed by atoms with Crippen LogP contribution in [0.5, 0.6) is 0 Å². The van der Waals surface area contributed by atoms with Crippen LogP contribution >= 0.6 is 0 Å². The maximum Gasteiger partial charge on any atom is 0.242 e. The van der Waals surface area contributed by atoms with Crippen molar-refractivity contribution in [3.8, 4) is 6.07 Å². The van der Waals surface area contributed by atoms with Gasteiger partial charge in [-0.15, -0.1) is 0 Å². The Morgan fingerprint density at radius 3 is 2.50 bits per heavy atom. The predicted octanol–water partition coefficient (Wildman–Crippen LogP) is 1.94. The summed E-state index contributed by atoms with van der Waals surface area (Å²) in [5.41, 5.74) is -0.863. The molecule has 0 bridgehead atoms. The van der Waals surface area contributed by atoms with Crippen LogP contribution in [0, 0.1) is 16.7 Å². The van der Waals surface area contributed by atoms with Crippen molar-refractivity contribution in [3.05, 3.63) is 0 Å². The average Bonchev–Trinajstić information content (AvgIpc) is 2.96. The molecule has 0 aliphatic heterocycles. The zero-order valence-electron chi connectivity index (χ0n) is 9.21. The van der Waals surface area contributed by atoms with Gasteiger partial charge in [-0.2, -0.15) is 5.26 Å². The molecule has 1 amide bonds. The molecule has 1 fully saturated rings. The molecule has 0 heterocycles. The molecule has 0 aromatic rings. The molecular formula is C11H18N2O. The van der Waals surface area contributed by atoms with E-state index in [0.29, 0.717) is 6.04 Å². The number of hydrogen-bond acceptors (Lipinski definition) is 2. The minimum atomic E-state index is -0.863. The summed E-state index contributed by atoms with van der Waals surface area (Å²) in [7, 11) is 0. The van der Waals surface area contributed by atoms with Crippen molar-refractivity contribution in [3.63, 3.8) is 0 Å². The van der Waals surface area contributed by atoms with Gasteiger partial charge in [-0.05, 0) is 33.1 Å². The highest BCUT2D eigenvalue weighted by Crippen LogP contribution is 2.30. The van der Waals surface area contributed by atoms with Gasteiger partial charge in [-0.3, -0.25) is 4.79 Å². The molecular weight excluding hydrogens is 176 g/mol. The highest BCUT2D eigenvalue weighted by atomic mass is 16.2.